The van der Waals surface area contributed by atoms with Crippen molar-refractivity contribution in [2.45, 2.75) is 12.5 Å². The smallest absolute Gasteiger partial charge is 0.329 e. The minimum Gasteiger partial charge on any atom is -0.456 e. The maximum atomic E-state index is 13.3. The molecule has 7 heteroatoms. The van der Waals surface area contributed by atoms with Gasteiger partial charge < -0.3 is 10.1 Å². The molecule has 5 nitrogen and oxygen atoms in total. The van der Waals surface area contributed by atoms with Crippen molar-refractivity contribution >= 4 is 17.7 Å². The minimum atomic E-state index is -1.17. The van der Waals surface area contributed by atoms with E-state index in [1.165, 1.54) is 0 Å². The first-order valence-electron chi connectivity index (χ1n) is 9.49. The van der Waals surface area contributed by atoms with Crippen LogP contribution >= 0.6 is 0 Å². The number of hydrogen-bond donors (Lipinski definition) is 1. The molecular formula is C24H19F2NO4. The summed E-state index contributed by atoms with van der Waals surface area (Å²) in [5.74, 6) is -4.23. The molecule has 0 aliphatic carbocycles. The molecule has 1 N–H and O–H groups in total. The number of carbonyl (C=O) groups excluding carboxylic acids is 3. The molecule has 3 aromatic rings. The molecule has 1 amide bonds. The van der Waals surface area contributed by atoms with E-state index in [2.05, 4.69) is 5.32 Å². The molecule has 0 saturated heterocycles. The van der Waals surface area contributed by atoms with Crippen molar-refractivity contribution in [3.05, 3.63) is 107 Å². The van der Waals surface area contributed by atoms with E-state index in [0.717, 1.165) is 23.8 Å². The van der Waals surface area contributed by atoms with Crippen molar-refractivity contribution < 1.29 is 27.9 Å². The summed E-state index contributed by atoms with van der Waals surface area (Å²) in [5, 5.41) is 2.63. The van der Waals surface area contributed by atoms with Gasteiger partial charge in [-0.25, -0.2) is 13.6 Å². The Morgan fingerprint density at radius 3 is 2.10 bits per heavy atom. The van der Waals surface area contributed by atoms with Crippen LogP contribution in [0.25, 0.3) is 0 Å². The van der Waals surface area contributed by atoms with Crippen molar-refractivity contribution in [2.24, 2.45) is 0 Å². The van der Waals surface area contributed by atoms with Gasteiger partial charge in [0.2, 0.25) is 0 Å². The first kappa shape index (κ1) is 21.8. The Hall–Kier alpha value is -3.87. The molecule has 158 valence electrons. The Labute approximate surface area is 177 Å². The molecule has 0 saturated carbocycles. The Morgan fingerprint density at radius 1 is 0.806 bits per heavy atom. The van der Waals surface area contributed by atoms with E-state index in [0.29, 0.717) is 5.56 Å². The second-order valence-corrected chi connectivity index (χ2v) is 6.74. The van der Waals surface area contributed by atoms with Crippen LogP contribution < -0.4 is 5.32 Å². The summed E-state index contributed by atoms with van der Waals surface area (Å²) in [5.41, 5.74) is 1.02. The molecule has 31 heavy (non-hydrogen) atoms. The Bertz CT molecular complexity index is 1070. The van der Waals surface area contributed by atoms with Crippen LogP contribution in [0.3, 0.4) is 0 Å². The number of Topliss-reactive ketones (excluding diaryl/α,β-unsaturated/α-hetero) is 1. The highest BCUT2D eigenvalue weighted by Gasteiger charge is 2.24. The first-order valence-corrected chi connectivity index (χ1v) is 9.49. The van der Waals surface area contributed by atoms with E-state index < -0.39 is 41.9 Å². The number of rotatable bonds is 8. The number of carbonyl (C=O) groups is 3. The van der Waals surface area contributed by atoms with E-state index in [1.54, 1.807) is 54.6 Å². The monoisotopic (exact) mass is 423 g/mol. The predicted octanol–water partition coefficient (Wildman–Crippen LogP) is 3.73. The Balaban J connectivity index is 1.69. The highest BCUT2D eigenvalue weighted by Crippen LogP contribution is 2.11. The zero-order valence-corrected chi connectivity index (χ0v) is 16.4. The van der Waals surface area contributed by atoms with Crippen molar-refractivity contribution in [3.8, 4) is 0 Å². The van der Waals surface area contributed by atoms with Gasteiger partial charge in [0.05, 0.1) is 0 Å². The summed E-state index contributed by atoms with van der Waals surface area (Å²) in [6, 6.07) is 19.0. The number of ether oxygens (including phenoxy) is 1. The molecule has 0 spiro atoms. The lowest BCUT2D eigenvalue weighted by molar-refractivity contribution is -0.144. The second kappa shape index (κ2) is 10.2. The fraction of sp³-hybridized carbons (Fsp3) is 0.125. The second-order valence-electron chi connectivity index (χ2n) is 6.74. The molecule has 1 atom stereocenters. The van der Waals surface area contributed by atoms with E-state index in [4.69, 9.17) is 4.74 Å². The lowest BCUT2D eigenvalue weighted by Crippen LogP contribution is -2.43. The maximum absolute atomic E-state index is 13.3. The molecule has 0 fully saturated rings. The molecule has 0 radical (unpaired) electrons. The molecule has 0 heterocycles. The summed E-state index contributed by atoms with van der Waals surface area (Å²) < 4.78 is 31.4. The summed E-state index contributed by atoms with van der Waals surface area (Å²) >= 11 is 0. The highest BCUT2D eigenvalue weighted by molar-refractivity contribution is 5.99. The first-order chi connectivity index (χ1) is 14.9. The van der Waals surface area contributed by atoms with Crippen LogP contribution in [-0.2, 0) is 16.0 Å². The van der Waals surface area contributed by atoms with Crippen molar-refractivity contribution in [1.29, 1.82) is 0 Å². The highest BCUT2D eigenvalue weighted by atomic mass is 19.2. The number of amides is 1. The zero-order chi connectivity index (χ0) is 22.2. The third-order valence-electron chi connectivity index (χ3n) is 4.50. The number of nitrogens with one attached hydrogen (secondary N) is 1. The van der Waals surface area contributed by atoms with Crippen LogP contribution in [0.4, 0.5) is 8.78 Å². The van der Waals surface area contributed by atoms with Crippen LogP contribution in [0.15, 0.2) is 78.9 Å². The topological polar surface area (TPSA) is 72.5 Å². The number of esters is 1. The average Bonchev–Trinajstić information content (AvgIpc) is 2.79. The molecule has 3 aromatic carbocycles. The fourth-order valence-corrected chi connectivity index (χ4v) is 2.86. The number of halogens is 2. The Morgan fingerprint density at radius 2 is 1.45 bits per heavy atom. The standard InChI is InChI=1S/C24H19F2NO4/c25-19-12-11-18(14-20(19)26)22(28)15-31-24(30)21(13-16-7-3-1-4-8-16)27-23(29)17-9-5-2-6-10-17/h1-12,14,21H,13,15H2,(H,27,29). The lowest BCUT2D eigenvalue weighted by atomic mass is 10.1. The van der Waals surface area contributed by atoms with Gasteiger partial charge in [0.25, 0.3) is 5.91 Å². The molecule has 0 aliphatic rings. The van der Waals surface area contributed by atoms with E-state index in [1.807, 2.05) is 6.07 Å². The van der Waals surface area contributed by atoms with Crippen LogP contribution in [0.1, 0.15) is 26.3 Å². The third-order valence-corrected chi connectivity index (χ3v) is 4.50. The molecule has 1 unspecified atom stereocenters. The van der Waals surface area contributed by atoms with Gasteiger partial charge in [0, 0.05) is 17.5 Å². The van der Waals surface area contributed by atoms with Gasteiger partial charge in [-0.05, 0) is 35.9 Å². The number of ketones is 1. The number of benzene rings is 3. The summed E-state index contributed by atoms with van der Waals surface area (Å²) in [4.78, 5) is 37.3. The van der Waals surface area contributed by atoms with Crippen molar-refractivity contribution in [1.82, 2.24) is 5.32 Å². The van der Waals surface area contributed by atoms with Crippen LogP contribution in [0.5, 0.6) is 0 Å². The van der Waals surface area contributed by atoms with Gasteiger partial charge in [0.15, 0.2) is 24.0 Å². The normalized spacial score (nSPS) is 11.4. The largest absolute Gasteiger partial charge is 0.456 e. The predicted molar refractivity (Wildman–Crippen MR) is 109 cm³/mol. The summed E-state index contributed by atoms with van der Waals surface area (Å²) in [6.07, 6.45) is 0.150. The maximum Gasteiger partial charge on any atom is 0.329 e. The van der Waals surface area contributed by atoms with E-state index in [-0.39, 0.29) is 12.0 Å². The van der Waals surface area contributed by atoms with Gasteiger partial charge in [-0.1, -0.05) is 48.5 Å². The quantitative estimate of drug-likeness (QED) is 0.443. The summed E-state index contributed by atoms with van der Waals surface area (Å²) in [6.45, 7) is -0.670. The summed E-state index contributed by atoms with van der Waals surface area (Å²) in [7, 11) is 0. The van der Waals surface area contributed by atoms with Crippen LogP contribution in [0, 0.1) is 11.6 Å². The van der Waals surface area contributed by atoms with Crippen LogP contribution in [-0.4, -0.2) is 30.3 Å². The van der Waals surface area contributed by atoms with Gasteiger partial charge >= 0.3 is 5.97 Å². The average molecular weight is 423 g/mol. The van der Waals surface area contributed by atoms with E-state index >= 15 is 0 Å². The minimum absolute atomic E-state index is 0.125. The van der Waals surface area contributed by atoms with Gasteiger partial charge in [-0.3, -0.25) is 9.59 Å². The van der Waals surface area contributed by atoms with Gasteiger partial charge in [0.1, 0.15) is 6.04 Å². The Kier molecular flexibility index (Phi) is 7.22. The molecular weight excluding hydrogens is 404 g/mol. The van der Waals surface area contributed by atoms with Crippen LogP contribution in [0.2, 0.25) is 0 Å². The van der Waals surface area contributed by atoms with E-state index in [9.17, 15) is 23.2 Å². The molecule has 0 aliphatic heterocycles. The molecule has 0 bridgehead atoms. The fourth-order valence-electron chi connectivity index (χ4n) is 2.86. The molecule has 3 rings (SSSR count). The third kappa shape index (κ3) is 6.05. The number of hydrogen-bond acceptors (Lipinski definition) is 4. The lowest BCUT2D eigenvalue weighted by Gasteiger charge is -2.18. The molecule has 0 aromatic heterocycles. The van der Waals surface area contributed by atoms with Crippen molar-refractivity contribution in [2.75, 3.05) is 6.61 Å². The SMILES string of the molecule is O=C(COC(=O)C(Cc1ccccc1)NC(=O)c1ccccc1)c1ccc(F)c(F)c1. The van der Waals surface area contributed by atoms with Gasteiger partial charge in [-0.2, -0.15) is 0 Å². The zero-order valence-electron chi connectivity index (χ0n) is 16.4. The van der Waals surface area contributed by atoms with Crippen molar-refractivity contribution in [3.63, 3.8) is 0 Å². The van der Waals surface area contributed by atoms with Gasteiger partial charge in [-0.15, -0.1) is 0 Å².